The van der Waals surface area contributed by atoms with Gasteiger partial charge in [-0.1, -0.05) is 37.6 Å². The summed E-state index contributed by atoms with van der Waals surface area (Å²) < 4.78 is 0. The van der Waals surface area contributed by atoms with Gasteiger partial charge in [-0.15, -0.1) is 11.3 Å². The van der Waals surface area contributed by atoms with Gasteiger partial charge in [0.1, 0.15) is 0 Å². The first kappa shape index (κ1) is 20.8. The van der Waals surface area contributed by atoms with Crippen LogP contribution in [-0.2, 0) is 11.3 Å². The average Bonchev–Trinajstić information content (AvgIpc) is 3.06. The number of aromatic nitrogens is 1. The third kappa shape index (κ3) is 5.77. The normalized spacial score (nSPS) is 20.0. The van der Waals surface area contributed by atoms with Crippen LogP contribution in [0.25, 0.3) is 0 Å². The Morgan fingerprint density at radius 3 is 2.68 bits per heavy atom. The molecule has 2 atom stereocenters. The Morgan fingerprint density at radius 2 is 1.96 bits per heavy atom. The summed E-state index contributed by atoms with van der Waals surface area (Å²) in [4.78, 5) is 31.1. The number of likely N-dealkylation sites (tertiary alicyclic amines) is 1. The lowest BCUT2D eigenvalue weighted by atomic mass is 9.92. The molecule has 2 amide bonds. The van der Waals surface area contributed by atoms with Crippen molar-refractivity contribution in [3.8, 4) is 0 Å². The molecule has 6 nitrogen and oxygen atoms in total. The second-order valence-electron chi connectivity index (χ2n) is 7.49. The molecule has 1 aromatic heterocycles. The molecule has 1 aliphatic heterocycles. The van der Waals surface area contributed by atoms with Crippen LogP contribution in [0.5, 0.6) is 0 Å². The van der Waals surface area contributed by atoms with Crippen LogP contribution in [-0.4, -0.2) is 41.3 Å². The van der Waals surface area contributed by atoms with Crippen LogP contribution in [0.2, 0.25) is 5.02 Å². The molecule has 2 aromatic rings. The van der Waals surface area contributed by atoms with Gasteiger partial charge in [-0.2, -0.15) is 0 Å². The number of piperidine rings is 1. The van der Waals surface area contributed by atoms with Crippen molar-refractivity contribution in [1.82, 2.24) is 15.2 Å². The van der Waals surface area contributed by atoms with Crippen LogP contribution < -0.4 is 10.6 Å². The molecule has 1 aromatic carbocycles. The minimum atomic E-state index is -0.381. The van der Waals surface area contributed by atoms with Gasteiger partial charge in [-0.05, 0) is 30.4 Å². The summed E-state index contributed by atoms with van der Waals surface area (Å²) in [6.07, 6.45) is 1.27. The number of hydrogen-bond acceptors (Lipinski definition) is 5. The highest BCUT2D eigenvalue weighted by Gasteiger charge is 2.22. The predicted molar refractivity (Wildman–Crippen MR) is 113 cm³/mol. The Bertz CT molecular complexity index is 831. The van der Waals surface area contributed by atoms with E-state index in [2.05, 4.69) is 34.4 Å². The second kappa shape index (κ2) is 9.49. The van der Waals surface area contributed by atoms with Gasteiger partial charge in [0.2, 0.25) is 5.91 Å². The molecule has 0 unspecified atom stereocenters. The fourth-order valence-electron chi connectivity index (χ4n) is 3.65. The number of halogens is 1. The zero-order valence-corrected chi connectivity index (χ0v) is 17.6. The topological polar surface area (TPSA) is 74.3 Å². The molecule has 0 aliphatic carbocycles. The maximum Gasteiger partial charge on any atom is 0.253 e. The van der Waals surface area contributed by atoms with Gasteiger partial charge < -0.3 is 10.6 Å². The zero-order chi connectivity index (χ0) is 20.1. The first-order chi connectivity index (χ1) is 13.4. The third-order valence-electron chi connectivity index (χ3n) is 4.66. The summed E-state index contributed by atoms with van der Waals surface area (Å²) in [5.74, 6) is 0.696. The van der Waals surface area contributed by atoms with Crippen LogP contribution in [0.15, 0.2) is 29.6 Å². The standard InChI is InChI=1S/C20H25ClN4O2S/c1-13-7-14(2)10-25(9-13)11-15-12-28-20(23-15)24-18(26)8-22-19(27)16-5-3-4-6-17(16)21/h3-6,12-14H,7-11H2,1-2H3,(H,22,27)(H,23,24,26)/t13-,14+. The van der Waals surface area contributed by atoms with Crippen molar-refractivity contribution in [2.24, 2.45) is 11.8 Å². The van der Waals surface area contributed by atoms with Crippen molar-refractivity contribution < 1.29 is 9.59 Å². The lowest BCUT2D eigenvalue weighted by molar-refractivity contribution is -0.115. The SMILES string of the molecule is C[C@@H]1C[C@H](C)CN(Cc2csc(NC(=O)CNC(=O)c3ccccc3Cl)n2)C1. The van der Waals surface area contributed by atoms with E-state index in [1.54, 1.807) is 24.3 Å². The van der Waals surface area contributed by atoms with Gasteiger partial charge in [0.25, 0.3) is 5.91 Å². The van der Waals surface area contributed by atoms with E-state index in [1.807, 2.05) is 5.38 Å². The quantitative estimate of drug-likeness (QED) is 0.748. The summed E-state index contributed by atoms with van der Waals surface area (Å²) in [6.45, 7) is 7.39. The third-order valence-corrected chi connectivity index (χ3v) is 5.79. The highest BCUT2D eigenvalue weighted by Crippen LogP contribution is 2.24. The largest absolute Gasteiger partial charge is 0.343 e. The number of rotatable bonds is 6. The van der Waals surface area contributed by atoms with E-state index in [9.17, 15) is 9.59 Å². The lowest BCUT2D eigenvalue weighted by Gasteiger charge is -2.34. The Hall–Kier alpha value is -1.96. The number of thiazole rings is 1. The molecule has 8 heteroatoms. The van der Waals surface area contributed by atoms with Crippen LogP contribution in [0, 0.1) is 11.8 Å². The van der Waals surface area contributed by atoms with E-state index in [0.29, 0.717) is 27.6 Å². The van der Waals surface area contributed by atoms with Crippen molar-refractivity contribution in [3.63, 3.8) is 0 Å². The Kier molecular flexibility index (Phi) is 7.04. The van der Waals surface area contributed by atoms with Gasteiger partial charge in [0.05, 0.1) is 22.8 Å². The molecule has 28 heavy (non-hydrogen) atoms. The van der Waals surface area contributed by atoms with Crippen molar-refractivity contribution in [1.29, 1.82) is 0 Å². The molecular formula is C20H25ClN4O2S. The fraction of sp³-hybridized carbons (Fsp3) is 0.450. The van der Waals surface area contributed by atoms with Crippen molar-refractivity contribution >= 4 is 39.9 Å². The molecule has 3 rings (SSSR count). The van der Waals surface area contributed by atoms with Crippen molar-refractivity contribution in [2.45, 2.75) is 26.8 Å². The highest BCUT2D eigenvalue weighted by molar-refractivity contribution is 7.13. The number of nitrogens with one attached hydrogen (secondary N) is 2. The molecule has 150 valence electrons. The maximum absolute atomic E-state index is 12.1. The van der Waals surface area contributed by atoms with E-state index in [-0.39, 0.29) is 18.4 Å². The summed E-state index contributed by atoms with van der Waals surface area (Å²) in [5.41, 5.74) is 1.31. The van der Waals surface area contributed by atoms with Gasteiger partial charge in [-0.3, -0.25) is 14.5 Å². The van der Waals surface area contributed by atoms with Gasteiger partial charge in [0, 0.05) is 25.0 Å². The Balaban J connectivity index is 1.47. The first-order valence-electron chi connectivity index (χ1n) is 9.40. The molecule has 1 aliphatic rings. The van der Waals surface area contributed by atoms with E-state index >= 15 is 0 Å². The fourth-order valence-corrected chi connectivity index (χ4v) is 4.59. The molecule has 1 fully saturated rings. The van der Waals surface area contributed by atoms with E-state index in [1.165, 1.54) is 17.8 Å². The molecule has 2 N–H and O–H groups in total. The second-order valence-corrected chi connectivity index (χ2v) is 8.76. The molecule has 1 saturated heterocycles. The number of benzene rings is 1. The van der Waals surface area contributed by atoms with Crippen molar-refractivity contribution in [3.05, 3.63) is 45.9 Å². The van der Waals surface area contributed by atoms with Crippen LogP contribution in [0.3, 0.4) is 0 Å². The predicted octanol–water partition coefficient (Wildman–Crippen LogP) is 3.64. The molecule has 2 heterocycles. The number of nitrogens with zero attached hydrogens (tertiary/aromatic N) is 2. The highest BCUT2D eigenvalue weighted by atomic mass is 35.5. The van der Waals surface area contributed by atoms with Crippen LogP contribution in [0.4, 0.5) is 5.13 Å². The maximum atomic E-state index is 12.1. The number of hydrogen-bond donors (Lipinski definition) is 2. The molecule has 0 bridgehead atoms. The minimum Gasteiger partial charge on any atom is -0.343 e. The molecule has 0 saturated carbocycles. The molecular weight excluding hydrogens is 396 g/mol. The van der Waals surface area contributed by atoms with Gasteiger partial charge >= 0.3 is 0 Å². The van der Waals surface area contributed by atoms with Gasteiger partial charge in [-0.25, -0.2) is 4.98 Å². The average molecular weight is 421 g/mol. The molecule has 0 radical (unpaired) electrons. The van der Waals surface area contributed by atoms with E-state index < -0.39 is 0 Å². The van der Waals surface area contributed by atoms with Gasteiger partial charge in [0.15, 0.2) is 5.13 Å². The van der Waals surface area contributed by atoms with Crippen LogP contribution in [0.1, 0.15) is 36.3 Å². The summed E-state index contributed by atoms with van der Waals surface area (Å²) in [6, 6.07) is 6.72. The van der Waals surface area contributed by atoms with Crippen molar-refractivity contribution in [2.75, 3.05) is 25.0 Å². The van der Waals surface area contributed by atoms with E-state index in [4.69, 9.17) is 11.6 Å². The summed E-state index contributed by atoms with van der Waals surface area (Å²) >= 11 is 7.39. The van der Waals surface area contributed by atoms with Crippen LogP contribution >= 0.6 is 22.9 Å². The number of anilines is 1. The Morgan fingerprint density at radius 1 is 1.25 bits per heavy atom. The molecule has 0 spiro atoms. The summed E-state index contributed by atoms with van der Waals surface area (Å²) in [5, 5.41) is 8.19. The monoisotopic (exact) mass is 420 g/mol. The number of amides is 2. The van der Waals surface area contributed by atoms with E-state index in [0.717, 1.165) is 25.3 Å². The smallest absolute Gasteiger partial charge is 0.253 e. The minimum absolute atomic E-state index is 0.139. The first-order valence-corrected chi connectivity index (χ1v) is 10.7. The lowest BCUT2D eigenvalue weighted by Crippen LogP contribution is -2.38. The number of carbonyl (C=O) groups is 2. The number of carbonyl (C=O) groups excluding carboxylic acids is 2. The summed E-state index contributed by atoms with van der Waals surface area (Å²) in [7, 11) is 0. The zero-order valence-electron chi connectivity index (χ0n) is 16.1. The Labute approximate surface area is 174 Å².